The van der Waals surface area contributed by atoms with Crippen LogP contribution in [0.4, 0.5) is 5.82 Å². The van der Waals surface area contributed by atoms with E-state index >= 15 is 0 Å². The topological polar surface area (TPSA) is 68.8 Å². The van der Waals surface area contributed by atoms with Crippen molar-refractivity contribution in [2.24, 2.45) is 7.05 Å². The van der Waals surface area contributed by atoms with Gasteiger partial charge >= 0.3 is 0 Å². The number of likely N-dealkylation sites (N-methyl/N-ethyl adjacent to an activating group) is 1. The molecule has 0 saturated heterocycles. The zero-order chi connectivity index (χ0) is 13.0. The molecule has 0 bridgehead atoms. The first-order chi connectivity index (χ1) is 8.70. The molecule has 2 heterocycles. The summed E-state index contributed by atoms with van der Waals surface area (Å²) in [5.74, 6) is 0.601. The lowest BCUT2D eigenvalue weighted by Crippen LogP contribution is -2.23. The molecule has 5 nitrogen and oxygen atoms in total. The van der Waals surface area contributed by atoms with Crippen LogP contribution in [0.2, 0.25) is 0 Å². The largest absolute Gasteiger partial charge is 0.383 e. The predicted molar refractivity (Wildman–Crippen MR) is 72.0 cm³/mol. The van der Waals surface area contributed by atoms with E-state index in [9.17, 15) is 0 Å². The number of hydrogen-bond acceptors (Lipinski definition) is 4. The van der Waals surface area contributed by atoms with Gasteiger partial charge < -0.3 is 11.1 Å². The predicted octanol–water partition coefficient (Wildman–Crippen LogP) is 1.29. The van der Waals surface area contributed by atoms with Crippen molar-refractivity contribution in [2.45, 2.75) is 19.4 Å². The zero-order valence-electron chi connectivity index (χ0n) is 10.8. The van der Waals surface area contributed by atoms with Crippen LogP contribution in [0.25, 0.3) is 0 Å². The van der Waals surface area contributed by atoms with Gasteiger partial charge in [-0.2, -0.15) is 5.10 Å². The maximum atomic E-state index is 5.89. The summed E-state index contributed by atoms with van der Waals surface area (Å²) in [6.07, 6.45) is 6.45. The molecule has 2 rings (SSSR count). The van der Waals surface area contributed by atoms with E-state index in [2.05, 4.69) is 22.3 Å². The first-order valence-electron chi connectivity index (χ1n) is 6.12. The Hall–Kier alpha value is -1.88. The Morgan fingerprint density at radius 1 is 1.50 bits per heavy atom. The Labute approximate surface area is 107 Å². The highest BCUT2D eigenvalue weighted by molar-refractivity contribution is 5.39. The number of anilines is 1. The minimum atomic E-state index is 0.218. The van der Waals surface area contributed by atoms with E-state index in [1.165, 1.54) is 5.56 Å². The van der Waals surface area contributed by atoms with Crippen molar-refractivity contribution in [3.63, 3.8) is 0 Å². The van der Waals surface area contributed by atoms with Crippen molar-refractivity contribution in [3.8, 4) is 0 Å². The van der Waals surface area contributed by atoms with E-state index in [0.717, 1.165) is 18.5 Å². The third-order valence-corrected chi connectivity index (χ3v) is 2.93. The quantitative estimate of drug-likeness (QED) is 0.833. The third kappa shape index (κ3) is 2.87. The van der Waals surface area contributed by atoms with Gasteiger partial charge in [0, 0.05) is 31.0 Å². The van der Waals surface area contributed by atoms with E-state index in [-0.39, 0.29) is 6.04 Å². The summed E-state index contributed by atoms with van der Waals surface area (Å²) >= 11 is 0. The van der Waals surface area contributed by atoms with E-state index in [1.807, 2.05) is 36.3 Å². The summed E-state index contributed by atoms with van der Waals surface area (Å²) in [7, 11) is 1.92. The fourth-order valence-corrected chi connectivity index (χ4v) is 2.02. The van der Waals surface area contributed by atoms with Crippen LogP contribution >= 0.6 is 0 Å². The van der Waals surface area contributed by atoms with Crippen LogP contribution in [0.15, 0.2) is 30.7 Å². The monoisotopic (exact) mass is 245 g/mol. The Kier molecular flexibility index (Phi) is 3.94. The van der Waals surface area contributed by atoms with E-state index in [0.29, 0.717) is 5.82 Å². The minimum Gasteiger partial charge on any atom is -0.383 e. The van der Waals surface area contributed by atoms with Gasteiger partial charge in [0.25, 0.3) is 0 Å². The number of nitrogen functional groups attached to an aromatic ring is 1. The SMILES string of the molecule is CCNC(Cc1cccnc1N)c1cnn(C)c1. The zero-order valence-corrected chi connectivity index (χ0v) is 10.8. The van der Waals surface area contributed by atoms with E-state index in [4.69, 9.17) is 5.73 Å². The summed E-state index contributed by atoms with van der Waals surface area (Å²) in [5, 5.41) is 7.66. The lowest BCUT2D eigenvalue weighted by Gasteiger charge is -2.17. The summed E-state index contributed by atoms with van der Waals surface area (Å²) < 4.78 is 1.81. The highest BCUT2D eigenvalue weighted by atomic mass is 15.2. The van der Waals surface area contributed by atoms with Crippen molar-refractivity contribution < 1.29 is 0 Å². The number of pyridine rings is 1. The van der Waals surface area contributed by atoms with Gasteiger partial charge in [-0.25, -0.2) is 4.98 Å². The van der Waals surface area contributed by atoms with Crippen molar-refractivity contribution in [3.05, 3.63) is 41.9 Å². The van der Waals surface area contributed by atoms with Gasteiger partial charge in [0.05, 0.1) is 6.20 Å². The average molecular weight is 245 g/mol. The molecule has 0 amide bonds. The Bertz CT molecular complexity index is 506. The number of rotatable bonds is 5. The van der Waals surface area contributed by atoms with Gasteiger partial charge in [-0.15, -0.1) is 0 Å². The van der Waals surface area contributed by atoms with Gasteiger partial charge in [0.2, 0.25) is 0 Å². The molecule has 1 unspecified atom stereocenters. The molecular weight excluding hydrogens is 226 g/mol. The van der Waals surface area contributed by atoms with Crippen molar-refractivity contribution in [2.75, 3.05) is 12.3 Å². The molecule has 3 N–H and O–H groups in total. The molecule has 0 spiro atoms. The maximum Gasteiger partial charge on any atom is 0.126 e. The molecule has 0 aliphatic rings. The summed E-state index contributed by atoms with van der Waals surface area (Å²) in [6.45, 7) is 3.00. The van der Waals surface area contributed by atoms with Crippen LogP contribution in [0, 0.1) is 0 Å². The van der Waals surface area contributed by atoms with Crippen LogP contribution in [0.3, 0.4) is 0 Å². The molecule has 96 valence electrons. The number of hydrogen-bond donors (Lipinski definition) is 2. The smallest absolute Gasteiger partial charge is 0.126 e. The first-order valence-corrected chi connectivity index (χ1v) is 6.12. The molecular formula is C13H19N5. The van der Waals surface area contributed by atoms with Crippen LogP contribution in [-0.2, 0) is 13.5 Å². The second kappa shape index (κ2) is 5.64. The van der Waals surface area contributed by atoms with Crippen molar-refractivity contribution in [1.29, 1.82) is 0 Å². The Morgan fingerprint density at radius 3 is 2.94 bits per heavy atom. The number of nitrogens with one attached hydrogen (secondary N) is 1. The van der Waals surface area contributed by atoms with Gasteiger partial charge in [-0.05, 0) is 24.6 Å². The second-order valence-corrected chi connectivity index (χ2v) is 4.31. The van der Waals surface area contributed by atoms with E-state index < -0.39 is 0 Å². The highest BCUT2D eigenvalue weighted by Crippen LogP contribution is 2.20. The number of aryl methyl sites for hydroxylation is 1. The average Bonchev–Trinajstić information content (AvgIpc) is 2.78. The molecule has 0 radical (unpaired) electrons. The van der Waals surface area contributed by atoms with Gasteiger partial charge in [-0.3, -0.25) is 4.68 Å². The standard InChI is InChI=1S/C13H19N5/c1-3-15-12(11-8-17-18(2)9-11)7-10-5-4-6-16-13(10)14/h4-6,8-9,12,15H,3,7H2,1-2H3,(H2,14,16). The molecule has 0 saturated carbocycles. The van der Waals surface area contributed by atoms with Crippen LogP contribution in [-0.4, -0.2) is 21.3 Å². The fraction of sp³-hybridized carbons (Fsp3) is 0.385. The normalized spacial score (nSPS) is 12.6. The summed E-state index contributed by atoms with van der Waals surface area (Å²) in [6, 6.07) is 4.15. The Morgan fingerprint density at radius 2 is 2.33 bits per heavy atom. The molecule has 0 aliphatic carbocycles. The molecule has 0 aromatic carbocycles. The van der Waals surface area contributed by atoms with Crippen LogP contribution < -0.4 is 11.1 Å². The van der Waals surface area contributed by atoms with Gasteiger partial charge in [-0.1, -0.05) is 13.0 Å². The highest BCUT2D eigenvalue weighted by Gasteiger charge is 2.14. The van der Waals surface area contributed by atoms with Crippen LogP contribution in [0.5, 0.6) is 0 Å². The minimum absolute atomic E-state index is 0.218. The number of aromatic nitrogens is 3. The summed E-state index contributed by atoms with van der Waals surface area (Å²) in [4.78, 5) is 4.12. The van der Waals surface area contributed by atoms with E-state index in [1.54, 1.807) is 6.20 Å². The second-order valence-electron chi connectivity index (χ2n) is 4.31. The van der Waals surface area contributed by atoms with Crippen molar-refractivity contribution in [1.82, 2.24) is 20.1 Å². The summed E-state index contributed by atoms with van der Waals surface area (Å²) in [5.41, 5.74) is 8.12. The molecule has 2 aromatic rings. The molecule has 0 fully saturated rings. The maximum absolute atomic E-state index is 5.89. The lowest BCUT2D eigenvalue weighted by atomic mass is 10.0. The number of nitrogens with zero attached hydrogens (tertiary/aromatic N) is 3. The van der Waals surface area contributed by atoms with Gasteiger partial charge in [0.15, 0.2) is 0 Å². The van der Waals surface area contributed by atoms with Gasteiger partial charge in [0.1, 0.15) is 5.82 Å². The molecule has 2 aromatic heterocycles. The fourth-order valence-electron chi connectivity index (χ4n) is 2.02. The molecule has 18 heavy (non-hydrogen) atoms. The molecule has 1 atom stereocenters. The number of nitrogens with two attached hydrogens (primary N) is 1. The van der Waals surface area contributed by atoms with Crippen molar-refractivity contribution >= 4 is 5.82 Å². The first kappa shape index (κ1) is 12.6. The Balaban J connectivity index is 2.19. The molecule has 0 aliphatic heterocycles. The van der Waals surface area contributed by atoms with Crippen LogP contribution in [0.1, 0.15) is 24.1 Å². The third-order valence-electron chi connectivity index (χ3n) is 2.93. The molecule has 5 heteroatoms. The lowest BCUT2D eigenvalue weighted by molar-refractivity contribution is 0.549.